The van der Waals surface area contributed by atoms with Crippen LogP contribution in [0.1, 0.15) is 11.4 Å². The highest BCUT2D eigenvalue weighted by atomic mass is 16.5. The fourth-order valence-corrected chi connectivity index (χ4v) is 2.07. The van der Waals surface area contributed by atoms with E-state index in [2.05, 4.69) is 21.5 Å². The van der Waals surface area contributed by atoms with Crippen LogP contribution in [-0.2, 0) is 10.3 Å². The van der Waals surface area contributed by atoms with E-state index >= 15 is 0 Å². The zero-order chi connectivity index (χ0) is 11.2. The van der Waals surface area contributed by atoms with Crippen LogP contribution in [0.3, 0.4) is 0 Å². The minimum atomic E-state index is -0.229. The summed E-state index contributed by atoms with van der Waals surface area (Å²) in [6.45, 7) is 3.17. The van der Waals surface area contributed by atoms with E-state index < -0.39 is 0 Å². The van der Waals surface area contributed by atoms with Gasteiger partial charge in [-0.2, -0.15) is 0 Å². The van der Waals surface area contributed by atoms with Crippen molar-refractivity contribution in [2.75, 3.05) is 13.2 Å². The fourth-order valence-electron chi connectivity index (χ4n) is 2.07. The Morgan fingerprint density at radius 2 is 2.31 bits per heavy atom. The zero-order valence-corrected chi connectivity index (χ0v) is 9.08. The van der Waals surface area contributed by atoms with Crippen molar-refractivity contribution in [2.45, 2.75) is 12.5 Å². The molecule has 1 fully saturated rings. The molecule has 1 aromatic heterocycles. The number of nitrogens with two attached hydrogens (primary N) is 1. The minimum absolute atomic E-state index is 0.229. The highest BCUT2D eigenvalue weighted by Crippen LogP contribution is 2.30. The number of aryl methyl sites for hydroxylation is 1. The number of nitrogens with one attached hydrogen (secondary N) is 2. The monoisotopic (exact) mass is 218 g/mol. The van der Waals surface area contributed by atoms with Gasteiger partial charge in [-0.3, -0.25) is 5.84 Å². The summed E-state index contributed by atoms with van der Waals surface area (Å²) in [5.41, 5.74) is 5.77. The van der Waals surface area contributed by atoms with E-state index in [1.165, 1.54) is 0 Å². The Hall–Kier alpha value is -1.43. The molecular weight excluding hydrogens is 204 g/mol. The van der Waals surface area contributed by atoms with Crippen LogP contribution in [0.5, 0.6) is 0 Å². The minimum Gasteiger partial charge on any atom is -0.377 e. The Balaban J connectivity index is 2.10. The molecule has 4 N–H and O–H groups in total. The molecule has 0 unspecified atom stereocenters. The summed E-state index contributed by atoms with van der Waals surface area (Å²) >= 11 is 0. The molecule has 1 aliphatic rings. The van der Waals surface area contributed by atoms with E-state index in [1.54, 1.807) is 0 Å². The van der Waals surface area contributed by atoms with Crippen molar-refractivity contribution in [3.63, 3.8) is 0 Å². The van der Waals surface area contributed by atoms with Gasteiger partial charge in [0.1, 0.15) is 11.4 Å². The van der Waals surface area contributed by atoms with E-state index in [9.17, 15) is 0 Å². The van der Waals surface area contributed by atoms with Gasteiger partial charge in [0.15, 0.2) is 0 Å². The fraction of sp³-hybridized carbons (Fsp3) is 0.364. The number of H-pyrrole nitrogens is 1. The van der Waals surface area contributed by atoms with Crippen LogP contribution in [0.4, 0.5) is 0 Å². The molecule has 1 aromatic carbocycles. The summed E-state index contributed by atoms with van der Waals surface area (Å²) in [5, 5.41) is 0. The molecular formula is C11H14N4O. The number of benzene rings is 1. The lowest BCUT2D eigenvalue weighted by Crippen LogP contribution is -2.60. The lowest BCUT2D eigenvalue weighted by Gasteiger charge is -2.41. The molecule has 0 atom stereocenters. The Kier molecular flexibility index (Phi) is 2.00. The third-order valence-corrected chi connectivity index (χ3v) is 3.13. The first-order chi connectivity index (χ1) is 7.73. The summed E-state index contributed by atoms with van der Waals surface area (Å²) in [5.74, 6) is 6.52. The largest absolute Gasteiger partial charge is 0.377 e. The maximum atomic E-state index is 5.59. The molecule has 0 bridgehead atoms. The highest BCUT2D eigenvalue weighted by Gasteiger charge is 2.39. The smallest absolute Gasteiger partial charge is 0.104 e. The number of hydrazine groups is 1. The Labute approximate surface area is 93.0 Å². The summed E-state index contributed by atoms with van der Waals surface area (Å²) in [7, 11) is 0. The number of hydrogen-bond donors (Lipinski definition) is 3. The average molecular weight is 218 g/mol. The van der Waals surface area contributed by atoms with E-state index in [0.717, 1.165) is 22.4 Å². The number of aromatic nitrogens is 2. The second kappa shape index (κ2) is 3.28. The Morgan fingerprint density at radius 1 is 1.50 bits per heavy atom. The first-order valence-corrected chi connectivity index (χ1v) is 5.26. The number of imidazole rings is 1. The van der Waals surface area contributed by atoms with Crippen molar-refractivity contribution in [1.82, 2.24) is 15.4 Å². The van der Waals surface area contributed by atoms with Gasteiger partial charge >= 0.3 is 0 Å². The van der Waals surface area contributed by atoms with E-state index in [1.807, 2.05) is 19.1 Å². The number of ether oxygens (including phenoxy) is 1. The topological polar surface area (TPSA) is 76.0 Å². The van der Waals surface area contributed by atoms with E-state index in [-0.39, 0.29) is 5.54 Å². The van der Waals surface area contributed by atoms with Gasteiger partial charge in [-0.15, -0.1) is 0 Å². The second-order valence-corrected chi connectivity index (χ2v) is 4.27. The van der Waals surface area contributed by atoms with Gasteiger partial charge in [0.25, 0.3) is 0 Å². The van der Waals surface area contributed by atoms with Gasteiger partial charge in [0.2, 0.25) is 0 Å². The number of rotatable bonds is 2. The van der Waals surface area contributed by atoms with Crippen molar-refractivity contribution in [3.05, 3.63) is 29.6 Å². The normalized spacial score (nSPS) is 18.6. The predicted molar refractivity (Wildman–Crippen MR) is 60.7 cm³/mol. The molecule has 0 spiro atoms. The second-order valence-electron chi connectivity index (χ2n) is 4.27. The van der Waals surface area contributed by atoms with Crippen molar-refractivity contribution in [1.29, 1.82) is 0 Å². The van der Waals surface area contributed by atoms with Crippen LogP contribution in [0, 0.1) is 6.92 Å². The first kappa shape index (κ1) is 9.77. The lowest BCUT2D eigenvalue weighted by atomic mass is 9.88. The van der Waals surface area contributed by atoms with Crippen LogP contribution in [0.2, 0.25) is 0 Å². The molecule has 84 valence electrons. The van der Waals surface area contributed by atoms with Crippen molar-refractivity contribution in [2.24, 2.45) is 5.84 Å². The van der Waals surface area contributed by atoms with Gasteiger partial charge in [-0.1, -0.05) is 6.07 Å². The first-order valence-electron chi connectivity index (χ1n) is 5.26. The standard InChI is InChI=1S/C11H14N4O/c1-7-13-9-3-2-8(4-10(9)14-7)11(15-12)5-16-6-11/h2-4,15H,5-6,12H2,1H3,(H,13,14). The molecule has 0 radical (unpaired) electrons. The molecule has 2 heterocycles. The van der Waals surface area contributed by atoms with Crippen LogP contribution >= 0.6 is 0 Å². The van der Waals surface area contributed by atoms with E-state index in [4.69, 9.17) is 10.6 Å². The predicted octanol–water partition coefficient (Wildman–Crippen LogP) is 0.560. The van der Waals surface area contributed by atoms with Crippen molar-refractivity contribution >= 4 is 11.0 Å². The number of aromatic amines is 1. The maximum Gasteiger partial charge on any atom is 0.104 e. The van der Waals surface area contributed by atoms with Gasteiger partial charge in [-0.25, -0.2) is 10.4 Å². The summed E-state index contributed by atoms with van der Waals surface area (Å²) in [4.78, 5) is 7.59. The molecule has 1 aliphatic heterocycles. The van der Waals surface area contributed by atoms with Crippen LogP contribution in [0.25, 0.3) is 11.0 Å². The summed E-state index contributed by atoms with van der Waals surface area (Å²) in [6, 6.07) is 6.13. The summed E-state index contributed by atoms with van der Waals surface area (Å²) in [6.07, 6.45) is 0. The Morgan fingerprint density at radius 3 is 2.94 bits per heavy atom. The third-order valence-electron chi connectivity index (χ3n) is 3.13. The summed E-state index contributed by atoms with van der Waals surface area (Å²) < 4.78 is 5.23. The molecule has 5 nitrogen and oxygen atoms in total. The third kappa shape index (κ3) is 1.26. The molecule has 16 heavy (non-hydrogen) atoms. The van der Waals surface area contributed by atoms with Crippen molar-refractivity contribution in [3.8, 4) is 0 Å². The van der Waals surface area contributed by atoms with Gasteiger partial charge in [-0.05, 0) is 24.6 Å². The lowest BCUT2D eigenvalue weighted by molar-refractivity contribution is -0.0786. The number of hydrogen-bond acceptors (Lipinski definition) is 4. The average Bonchev–Trinajstić information content (AvgIpc) is 2.56. The van der Waals surface area contributed by atoms with Gasteiger partial charge in [0.05, 0.1) is 24.2 Å². The van der Waals surface area contributed by atoms with Crippen LogP contribution < -0.4 is 11.3 Å². The van der Waals surface area contributed by atoms with Gasteiger partial charge in [0, 0.05) is 0 Å². The Bertz CT molecular complexity index is 524. The molecule has 0 amide bonds. The molecule has 0 saturated carbocycles. The zero-order valence-electron chi connectivity index (χ0n) is 9.08. The number of fused-ring (bicyclic) bond motifs is 1. The van der Waals surface area contributed by atoms with Crippen LogP contribution in [0.15, 0.2) is 18.2 Å². The van der Waals surface area contributed by atoms with Crippen LogP contribution in [-0.4, -0.2) is 23.2 Å². The molecule has 2 aromatic rings. The molecule has 0 aliphatic carbocycles. The quantitative estimate of drug-likeness (QED) is 0.508. The molecule has 3 rings (SSSR count). The van der Waals surface area contributed by atoms with Gasteiger partial charge < -0.3 is 9.72 Å². The molecule has 1 saturated heterocycles. The van der Waals surface area contributed by atoms with E-state index in [0.29, 0.717) is 13.2 Å². The maximum absolute atomic E-state index is 5.59. The number of nitrogens with zero attached hydrogens (tertiary/aromatic N) is 1. The SMILES string of the molecule is Cc1nc2ccc(C3(NN)COC3)cc2[nH]1. The highest BCUT2D eigenvalue weighted by molar-refractivity contribution is 5.76. The molecule has 5 heteroatoms. The van der Waals surface area contributed by atoms with Crippen molar-refractivity contribution < 1.29 is 4.74 Å².